The van der Waals surface area contributed by atoms with Crippen molar-refractivity contribution in [2.24, 2.45) is 0 Å². The van der Waals surface area contributed by atoms with Crippen molar-refractivity contribution in [2.75, 3.05) is 31.0 Å². The van der Waals surface area contributed by atoms with Crippen LogP contribution in [-0.4, -0.2) is 90.9 Å². The molecule has 1 saturated heterocycles. The Morgan fingerprint density at radius 1 is 0.955 bits per heavy atom. The minimum absolute atomic E-state index is 0.0549. The average Bonchev–Trinajstić information content (AvgIpc) is 3.53. The van der Waals surface area contributed by atoms with Gasteiger partial charge in [-0.1, -0.05) is 48.5 Å². The number of rotatable bonds is 12. The molecule has 1 amide bonds. The van der Waals surface area contributed by atoms with Gasteiger partial charge in [-0.2, -0.15) is 16.8 Å². The van der Waals surface area contributed by atoms with Crippen LogP contribution in [0, 0.1) is 0 Å². The van der Waals surface area contributed by atoms with Crippen molar-refractivity contribution in [1.82, 2.24) is 19.5 Å². The molecule has 2 aromatic heterocycles. The number of fused-ring (bicyclic) bond motifs is 1. The van der Waals surface area contributed by atoms with Gasteiger partial charge in [0, 0.05) is 5.56 Å². The second kappa shape index (κ2) is 12.6. The minimum Gasteiger partial charge on any atom is -0.386 e. The number of benzene rings is 2. The molecular formula is C27H29N5O10S2. The van der Waals surface area contributed by atoms with Gasteiger partial charge in [0.1, 0.15) is 37.4 Å². The van der Waals surface area contributed by atoms with Gasteiger partial charge in [-0.3, -0.25) is 17.7 Å². The average molecular weight is 648 g/mol. The monoisotopic (exact) mass is 647 g/mol. The Hall–Kier alpha value is -3.84. The summed E-state index contributed by atoms with van der Waals surface area (Å²) in [6.07, 6.45) is -0.172. The lowest BCUT2D eigenvalue weighted by Gasteiger charge is -2.33. The highest BCUT2D eigenvalue weighted by atomic mass is 32.2. The van der Waals surface area contributed by atoms with E-state index in [-0.39, 0.29) is 23.6 Å². The molecule has 1 fully saturated rings. The van der Waals surface area contributed by atoms with Crippen LogP contribution in [0.1, 0.15) is 22.1 Å². The summed E-state index contributed by atoms with van der Waals surface area (Å²) in [5.74, 6) is -0.361. The fraction of sp³-hybridized carbons (Fsp3) is 0.333. The number of ether oxygens (including phenoxy) is 2. The molecule has 3 heterocycles. The van der Waals surface area contributed by atoms with E-state index in [1.165, 1.54) is 17.2 Å². The molecule has 3 atom stereocenters. The van der Waals surface area contributed by atoms with Crippen LogP contribution in [0.3, 0.4) is 0 Å². The van der Waals surface area contributed by atoms with Crippen LogP contribution in [0.5, 0.6) is 0 Å². The molecular weight excluding hydrogens is 618 g/mol. The highest BCUT2D eigenvalue weighted by Gasteiger charge is 2.58. The van der Waals surface area contributed by atoms with Gasteiger partial charge in [0.2, 0.25) is 0 Å². The molecule has 0 radical (unpaired) electrons. The summed E-state index contributed by atoms with van der Waals surface area (Å²) in [6.45, 7) is -1.57. The number of aliphatic hydroxyl groups excluding tert-OH is 1. The van der Waals surface area contributed by atoms with E-state index >= 15 is 0 Å². The summed E-state index contributed by atoms with van der Waals surface area (Å²) in [5, 5.41) is 14.3. The Labute approximate surface area is 253 Å². The van der Waals surface area contributed by atoms with Crippen LogP contribution in [0.2, 0.25) is 0 Å². The SMILES string of the molecule is CS(=O)(=O)OCC1(COS(C)(=O)=O)O[C@@H](n2cnc3c(NC(=O)c4ccccc4)ncnc32)[C@H](O)[C@H]1OCc1ccccc1. The number of hydrogen-bond acceptors (Lipinski definition) is 13. The van der Waals surface area contributed by atoms with Gasteiger partial charge in [-0.05, 0) is 17.7 Å². The summed E-state index contributed by atoms with van der Waals surface area (Å²) in [4.78, 5) is 25.5. The molecule has 0 aliphatic carbocycles. The topological polar surface area (TPSA) is 198 Å². The second-order valence-electron chi connectivity index (χ2n) is 10.1. The Morgan fingerprint density at radius 2 is 1.57 bits per heavy atom. The van der Waals surface area contributed by atoms with E-state index in [4.69, 9.17) is 17.8 Å². The maximum atomic E-state index is 12.8. The molecule has 0 bridgehead atoms. The van der Waals surface area contributed by atoms with Crippen LogP contribution in [0.15, 0.2) is 73.3 Å². The van der Waals surface area contributed by atoms with Gasteiger partial charge >= 0.3 is 0 Å². The molecule has 1 aliphatic rings. The van der Waals surface area contributed by atoms with Crippen molar-refractivity contribution in [3.05, 3.63) is 84.4 Å². The van der Waals surface area contributed by atoms with Crippen molar-refractivity contribution in [1.29, 1.82) is 0 Å². The number of carbonyl (C=O) groups is 1. The molecule has 2 N–H and O–H groups in total. The first kappa shape index (κ1) is 31.6. The van der Waals surface area contributed by atoms with Crippen LogP contribution >= 0.6 is 0 Å². The van der Waals surface area contributed by atoms with E-state index < -0.39 is 63.4 Å². The molecule has 1 aliphatic heterocycles. The Balaban J connectivity index is 1.52. The number of aromatic nitrogens is 4. The van der Waals surface area contributed by atoms with Crippen LogP contribution in [0.4, 0.5) is 5.82 Å². The lowest BCUT2D eigenvalue weighted by atomic mass is 9.96. The fourth-order valence-corrected chi connectivity index (χ4v) is 5.48. The molecule has 2 aromatic carbocycles. The maximum Gasteiger partial charge on any atom is 0.264 e. The number of aliphatic hydroxyl groups is 1. The van der Waals surface area contributed by atoms with Gasteiger partial charge in [0.05, 0.1) is 25.4 Å². The van der Waals surface area contributed by atoms with Crippen molar-refractivity contribution < 1.29 is 44.6 Å². The standard InChI is InChI=1S/C27H29N5O10S2/c1-43(35,36)40-14-27(15-41-44(2,37)38)22(39-13-18-9-5-3-6-10-18)21(33)26(42-27)32-17-30-20-23(28-16-29-24(20)32)31-25(34)19-11-7-4-8-12-19/h3-12,16-17,21-22,26,33H,13-15H2,1-2H3,(H,28,29,31,34)/t21-,22-,26-/m1/s1. The number of anilines is 1. The fourth-order valence-electron chi connectivity index (χ4n) is 4.66. The van der Waals surface area contributed by atoms with E-state index in [1.807, 2.05) is 0 Å². The summed E-state index contributed by atoms with van der Waals surface area (Å²) in [7, 11) is -8.12. The summed E-state index contributed by atoms with van der Waals surface area (Å²) < 4.78 is 71.7. The number of hydrogen-bond donors (Lipinski definition) is 2. The van der Waals surface area contributed by atoms with E-state index in [0.29, 0.717) is 11.1 Å². The van der Waals surface area contributed by atoms with E-state index in [0.717, 1.165) is 12.5 Å². The molecule has 17 heteroatoms. The first-order chi connectivity index (χ1) is 20.9. The molecule has 0 unspecified atom stereocenters. The van der Waals surface area contributed by atoms with Crippen LogP contribution in [-0.2, 0) is 44.7 Å². The second-order valence-corrected chi connectivity index (χ2v) is 13.4. The molecule has 44 heavy (non-hydrogen) atoms. The third-order valence-electron chi connectivity index (χ3n) is 6.68. The van der Waals surface area contributed by atoms with Crippen molar-refractivity contribution in [2.45, 2.75) is 30.6 Å². The zero-order valence-corrected chi connectivity index (χ0v) is 25.1. The summed E-state index contributed by atoms with van der Waals surface area (Å²) in [5.41, 5.74) is -0.554. The van der Waals surface area contributed by atoms with Gasteiger partial charge in [-0.25, -0.2) is 15.0 Å². The third-order valence-corrected chi connectivity index (χ3v) is 7.78. The summed E-state index contributed by atoms with van der Waals surface area (Å²) >= 11 is 0. The highest BCUT2D eigenvalue weighted by molar-refractivity contribution is 7.86. The number of nitrogens with one attached hydrogen (secondary N) is 1. The number of amides is 1. The quantitative estimate of drug-likeness (QED) is 0.209. The highest BCUT2D eigenvalue weighted by Crippen LogP contribution is 2.42. The first-order valence-corrected chi connectivity index (χ1v) is 16.7. The molecule has 0 saturated carbocycles. The normalized spacial score (nSPS) is 20.1. The molecule has 234 valence electrons. The van der Waals surface area contributed by atoms with Crippen molar-refractivity contribution in [3.63, 3.8) is 0 Å². The van der Waals surface area contributed by atoms with Gasteiger partial charge in [-0.15, -0.1) is 0 Å². The first-order valence-electron chi connectivity index (χ1n) is 13.1. The Bertz CT molecular complexity index is 1800. The lowest BCUT2D eigenvalue weighted by Crippen LogP contribution is -2.52. The smallest absolute Gasteiger partial charge is 0.264 e. The van der Waals surface area contributed by atoms with Crippen molar-refractivity contribution in [3.8, 4) is 0 Å². The Kier molecular flexibility index (Phi) is 9.07. The zero-order valence-electron chi connectivity index (χ0n) is 23.5. The van der Waals surface area contributed by atoms with Gasteiger partial charge in [0.25, 0.3) is 26.1 Å². The van der Waals surface area contributed by atoms with Crippen LogP contribution < -0.4 is 5.32 Å². The van der Waals surface area contributed by atoms with Crippen molar-refractivity contribution >= 4 is 43.1 Å². The van der Waals surface area contributed by atoms with Crippen LogP contribution in [0.25, 0.3) is 11.2 Å². The van der Waals surface area contributed by atoms with Gasteiger partial charge < -0.3 is 19.9 Å². The third kappa shape index (κ3) is 7.27. The predicted octanol–water partition coefficient (Wildman–Crippen LogP) is 1.24. The van der Waals surface area contributed by atoms with Gasteiger partial charge in [0.15, 0.2) is 23.2 Å². The molecule has 0 spiro atoms. The largest absolute Gasteiger partial charge is 0.386 e. The molecule has 4 aromatic rings. The van der Waals surface area contributed by atoms with E-state index in [9.17, 15) is 26.7 Å². The van der Waals surface area contributed by atoms with E-state index in [1.54, 1.807) is 60.7 Å². The Morgan fingerprint density at radius 3 is 2.18 bits per heavy atom. The lowest BCUT2D eigenvalue weighted by molar-refractivity contribution is -0.153. The molecule has 15 nitrogen and oxygen atoms in total. The predicted molar refractivity (Wildman–Crippen MR) is 155 cm³/mol. The van der Waals surface area contributed by atoms with E-state index in [2.05, 4.69) is 20.3 Å². The number of imidazole rings is 1. The maximum absolute atomic E-state index is 12.8. The summed E-state index contributed by atoms with van der Waals surface area (Å²) in [6, 6.07) is 17.3. The number of nitrogens with zero attached hydrogens (tertiary/aromatic N) is 4. The minimum atomic E-state index is -4.06. The number of carbonyl (C=O) groups excluding carboxylic acids is 1. The molecule has 5 rings (SSSR count). The zero-order chi connectivity index (χ0) is 31.5.